The zero-order valence-corrected chi connectivity index (χ0v) is 13.6. The van der Waals surface area contributed by atoms with E-state index in [4.69, 9.17) is 0 Å². The van der Waals surface area contributed by atoms with E-state index in [1.165, 1.54) is 11.1 Å². The summed E-state index contributed by atoms with van der Waals surface area (Å²) < 4.78 is 0. The number of benzene rings is 1. The molecule has 1 aromatic carbocycles. The minimum Gasteiger partial charge on any atom is -0.341 e. The second kappa shape index (κ2) is 6.84. The van der Waals surface area contributed by atoms with Crippen LogP contribution < -0.4 is 0 Å². The zero-order valence-electron chi connectivity index (χ0n) is 12.8. The third-order valence-electron chi connectivity index (χ3n) is 4.47. The van der Waals surface area contributed by atoms with Gasteiger partial charge in [-0.25, -0.2) is 0 Å². The minimum atomic E-state index is 0.221. The average molecular weight is 304 g/mol. The number of aryl methyl sites for hydroxylation is 1. The van der Waals surface area contributed by atoms with Crippen LogP contribution in [0.15, 0.2) is 24.3 Å². The number of rotatable bonds is 3. The summed E-state index contributed by atoms with van der Waals surface area (Å²) in [4.78, 5) is 17.0. The first-order valence-electron chi connectivity index (χ1n) is 7.87. The molecule has 0 bridgehead atoms. The number of carbonyl (C=O) groups excluding carboxylic acids is 1. The Hall–Kier alpha value is -1.00. The second-order valence-electron chi connectivity index (χ2n) is 6.14. The van der Waals surface area contributed by atoms with Crippen LogP contribution in [0.4, 0.5) is 0 Å². The lowest BCUT2D eigenvalue weighted by molar-refractivity contribution is -0.134. The van der Waals surface area contributed by atoms with Crippen LogP contribution in [0.2, 0.25) is 0 Å². The van der Waals surface area contributed by atoms with Gasteiger partial charge >= 0.3 is 0 Å². The van der Waals surface area contributed by atoms with E-state index in [9.17, 15) is 4.79 Å². The van der Waals surface area contributed by atoms with Gasteiger partial charge in [0.1, 0.15) is 0 Å². The van der Waals surface area contributed by atoms with Crippen molar-refractivity contribution in [3.8, 4) is 0 Å². The summed E-state index contributed by atoms with van der Waals surface area (Å²) in [5.41, 5.74) is 2.65. The Morgan fingerprint density at radius 3 is 2.62 bits per heavy atom. The van der Waals surface area contributed by atoms with E-state index < -0.39 is 0 Å². The Morgan fingerprint density at radius 1 is 1.19 bits per heavy atom. The predicted octanol–water partition coefficient (Wildman–Crippen LogP) is 2.39. The van der Waals surface area contributed by atoms with Crippen molar-refractivity contribution >= 4 is 17.7 Å². The third kappa shape index (κ3) is 3.80. The molecule has 0 spiro atoms. The van der Waals surface area contributed by atoms with Gasteiger partial charge in [-0.1, -0.05) is 29.8 Å². The van der Waals surface area contributed by atoms with Crippen LogP contribution in [-0.4, -0.2) is 53.4 Å². The van der Waals surface area contributed by atoms with Crippen molar-refractivity contribution in [3.63, 3.8) is 0 Å². The van der Waals surface area contributed by atoms with Crippen LogP contribution in [0.1, 0.15) is 17.5 Å². The lowest BCUT2D eigenvalue weighted by Gasteiger charge is -2.29. The topological polar surface area (TPSA) is 23.6 Å². The Balaban J connectivity index is 1.52. The van der Waals surface area contributed by atoms with Gasteiger partial charge in [-0.3, -0.25) is 9.69 Å². The summed E-state index contributed by atoms with van der Waals surface area (Å²) in [6.07, 6.45) is 1.02. The van der Waals surface area contributed by atoms with E-state index in [2.05, 4.69) is 41.0 Å². The smallest absolute Gasteiger partial charge is 0.227 e. The standard InChI is InChI=1S/C17H24N2OS/c1-14-2-4-15(5-3-14)12-18-7-6-16(13-18)17(20)19-8-10-21-11-9-19/h2-5,16H,6-13H2,1H3. The van der Waals surface area contributed by atoms with Crippen LogP contribution in [0.25, 0.3) is 0 Å². The second-order valence-corrected chi connectivity index (χ2v) is 7.37. The monoisotopic (exact) mass is 304 g/mol. The van der Waals surface area contributed by atoms with Gasteiger partial charge in [0.05, 0.1) is 5.92 Å². The molecule has 4 heteroatoms. The Labute approximate surface area is 131 Å². The largest absolute Gasteiger partial charge is 0.341 e. The maximum absolute atomic E-state index is 12.5. The van der Waals surface area contributed by atoms with Gasteiger partial charge in [-0.15, -0.1) is 0 Å². The van der Waals surface area contributed by atoms with Crippen LogP contribution in [-0.2, 0) is 11.3 Å². The van der Waals surface area contributed by atoms with E-state index in [-0.39, 0.29) is 5.92 Å². The highest BCUT2D eigenvalue weighted by atomic mass is 32.2. The lowest BCUT2D eigenvalue weighted by Crippen LogP contribution is -2.42. The lowest BCUT2D eigenvalue weighted by atomic mass is 10.1. The molecule has 1 aromatic rings. The van der Waals surface area contributed by atoms with Crippen molar-refractivity contribution in [2.75, 3.05) is 37.7 Å². The summed E-state index contributed by atoms with van der Waals surface area (Å²) in [5.74, 6) is 2.82. The number of thioether (sulfide) groups is 1. The van der Waals surface area contributed by atoms with Crippen LogP contribution in [0, 0.1) is 12.8 Å². The first-order valence-corrected chi connectivity index (χ1v) is 9.02. The van der Waals surface area contributed by atoms with Crippen molar-refractivity contribution in [2.24, 2.45) is 5.92 Å². The molecular formula is C17H24N2OS. The highest BCUT2D eigenvalue weighted by Crippen LogP contribution is 2.22. The van der Waals surface area contributed by atoms with E-state index in [0.717, 1.165) is 50.7 Å². The van der Waals surface area contributed by atoms with Gasteiger partial charge in [0, 0.05) is 37.7 Å². The molecule has 1 unspecified atom stereocenters. The van der Waals surface area contributed by atoms with Gasteiger partial charge in [0.2, 0.25) is 5.91 Å². The number of hydrogen-bond donors (Lipinski definition) is 0. The number of nitrogens with zero attached hydrogens (tertiary/aromatic N) is 2. The normalized spacial score (nSPS) is 23.5. The fourth-order valence-electron chi connectivity index (χ4n) is 3.17. The molecule has 1 atom stereocenters. The fraction of sp³-hybridized carbons (Fsp3) is 0.588. The average Bonchev–Trinajstić information content (AvgIpc) is 2.98. The Morgan fingerprint density at radius 2 is 1.90 bits per heavy atom. The summed E-state index contributed by atoms with van der Waals surface area (Å²) in [7, 11) is 0. The number of carbonyl (C=O) groups is 1. The minimum absolute atomic E-state index is 0.221. The number of hydrogen-bond acceptors (Lipinski definition) is 3. The highest BCUT2D eigenvalue weighted by Gasteiger charge is 2.31. The van der Waals surface area contributed by atoms with Crippen molar-refractivity contribution in [3.05, 3.63) is 35.4 Å². The van der Waals surface area contributed by atoms with Gasteiger partial charge < -0.3 is 4.90 Å². The van der Waals surface area contributed by atoms with Gasteiger partial charge in [0.25, 0.3) is 0 Å². The molecule has 114 valence electrons. The molecule has 2 aliphatic heterocycles. The molecule has 0 N–H and O–H groups in total. The molecule has 0 radical (unpaired) electrons. The van der Waals surface area contributed by atoms with E-state index in [1.54, 1.807) is 0 Å². The highest BCUT2D eigenvalue weighted by molar-refractivity contribution is 7.99. The zero-order chi connectivity index (χ0) is 14.7. The molecule has 3 rings (SSSR count). The van der Waals surface area contributed by atoms with Crippen molar-refractivity contribution < 1.29 is 4.79 Å². The maximum atomic E-state index is 12.5. The molecule has 2 saturated heterocycles. The van der Waals surface area contributed by atoms with Crippen LogP contribution in [0.5, 0.6) is 0 Å². The van der Waals surface area contributed by atoms with Crippen molar-refractivity contribution in [2.45, 2.75) is 19.9 Å². The Kier molecular flexibility index (Phi) is 4.86. The third-order valence-corrected chi connectivity index (χ3v) is 5.41. The molecule has 0 saturated carbocycles. The van der Waals surface area contributed by atoms with E-state index >= 15 is 0 Å². The predicted molar refractivity (Wildman–Crippen MR) is 88.5 cm³/mol. The quantitative estimate of drug-likeness (QED) is 0.857. The first-order chi connectivity index (χ1) is 10.2. The van der Waals surface area contributed by atoms with Crippen LogP contribution in [0.3, 0.4) is 0 Å². The molecule has 1 amide bonds. The maximum Gasteiger partial charge on any atom is 0.227 e. The molecule has 2 fully saturated rings. The molecule has 0 aromatic heterocycles. The summed E-state index contributed by atoms with van der Waals surface area (Å²) in [6, 6.07) is 8.73. The summed E-state index contributed by atoms with van der Waals surface area (Å²) in [6.45, 7) is 6.95. The summed E-state index contributed by atoms with van der Waals surface area (Å²) >= 11 is 1.96. The summed E-state index contributed by atoms with van der Waals surface area (Å²) in [5, 5.41) is 0. The molecule has 2 aliphatic rings. The molecule has 3 nitrogen and oxygen atoms in total. The van der Waals surface area contributed by atoms with E-state index in [0.29, 0.717) is 5.91 Å². The van der Waals surface area contributed by atoms with E-state index in [1.807, 2.05) is 11.8 Å². The molecule has 0 aliphatic carbocycles. The van der Waals surface area contributed by atoms with Gasteiger partial charge in [-0.2, -0.15) is 11.8 Å². The number of amides is 1. The fourth-order valence-corrected chi connectivity index (χ4v) is 4.07. The first kappa shape index (κ1) is 14.9. The Bertz CT molecular complexity index is 482. The molecule has 21 heavy (non-hydrogen) atoms. The van der Waals surface area contributed by atoms with Crippen molar-refractivity contribution in [1.82, 2.24) is 9.80 Å². The van der Waals surface area contributed by atoms with Gasteiger partial charge in [-0.05, 0) is 25.5 Å². The molecular weight excluding hydrogens is 280 g/mol. The molecule has 2 heterocycles. The van der Waals surface area contributed by atoms with Gasteiger partial charge in [0.15, 0.2) is 0 Å². The number of likely N-dealkylation sites (tertiary alicyclic amines) is 1. The van der Waals surface area contributed by atoms with Crippen molar-refractivity contribution in [1.29, 1.82) is 0 Å². The SMILES string of the molecule is Cc1ccc(CN2CCC(C(=O)N3CCSCC3)C2)cc1. The van der Waals surface area contributed by atoms with Crippen LogP contribution >= 0.6 is 11.8 Å².